The normalized spacial score (nSPS) is 19.9. The second-order valence-electron chi connectivity index (χ2n) is 7.83. The zero-order chi connectivity index (χ0) is 20.2. The van der Waals surface area contributed by atoms with Gasteiger partial charge in [-0.3, -0.25) is 4.90 Å². The summed E-state index contributed by atoms with van der Waals surface area (Å²) < 4.78 is 10.2. The van der Waals surface area contributed by atoms with Crippen LogP contribution in [0, 0.1) is 5.92 Å². The number of aliphatic hydroxyl groups is 1. The molecule has 1 fully saturated rings. The van der Waals surface area contributed by atoms with Crippen LogP contribution in [-0.2, 0) is 11.3 Å². The molecule has 2 aromatic rings. The minimum atomic E-state index is 0.154. The third-order valence-corrected chi connectivity index (χ3v) is 6.96. The van der Waals surface area contributed by atoms with Crippen molar-refractivity contribution in [2.24, 2.45) is 5.92 Å². The molecule has 2 aliphatic rings. The molecular formula is C21H29ClN4O2S. The van der Waals surface area contributed by atoms with E-state index in [9.17, 15) is 5.11 Å². The molecule has 0 saturated carbocycles. The van der Waals surface area contributed by atoms with Crippen LogP contribution in [0.2, 0.25) is 5.02 Å². The molecule has 0 aliphatic carbocycles. The van der Waals surface area contributed by atoms with Gasteiger partial charge in [0.2, 0.25) is 0 Å². The number of likely N-dealkylation sites (N-methyl/N-ethyl adjacent to an activating group) is 1. The van der Waals surface area contributed by atoms with Gasteiger partial charge in [-0.05, 0) is 48.5 Å². The van der Waals surface area contributed by atoms with Crippen molar-refractivity contribution in [3.05, 3.63) is 39.6 Å². The molecule has 4 rings (SSSR count). The van der Waals surface area contributed by atoms with E-state index in [0.29, 0.717) is 12.5 Å². The minimum Gasteiger partial charge on any atom is -0.395 e. The van der Waals surface area contributed by atoms with E-state index in [-0.39, 0.29) is 12.5 Å². The second-order valence-corrected chi connectivity index (χ2v) is 9.07. The Bertz CT molecular complexity index is 812. The van der Waals surface area contributed by atoms with Crippen molar-refractivity contribution in [3.8, 4) is 0 Å². The Morgan fingerprint density at radius 1 is 1.34 bits per heavy atom. The Balaban J connectivity index is 1.53. The van der Waals surface area contributed by atoms with E-state index in [2.05, 4.69) is 22.8 Å². The molecule has 2 aliphatic heterocycles. The van der Waals surface area contributed by atoms with Gasteiger partial charge in [-0.25, -0.2) is 4.98 Å². The van der Waals surface area contributed by atoms with Gasteiger partial charge in [-0.15, -0.1) is 0 Å². The highest BCUT2D eigenvalue weighted by Crippen LogP contribution is 2.44. The maximum absolute atomic E-state index is 9.22. The Morgan fingerprint density at radius 3 is 2.93 bits per heavy atom. The van der Waals surface area contributed by atoms with Crippen molar-refractivity contribution in [3.63, 3.8) is 0 Å². The predicted molar refractivity (Wildman–Crippen MR) is 117 cm³/mol. The molecule has 6 nitrogen and oxygen atoms in total. The molecule has 3 heterocycles. The minimum absolute atomic E-state index is 0.154. The van der Waals surface area contributed by atoms with E-state index in [1.807, 2.05) is 12.1 Å². The fraction of sp³-hybridized carbons (Fsp3) is 0.619. The van der Waals surface area contributed by atoms with Crippen LogP contribution in [0.4, 0.5) is 5.69 Å². The van der Waals surface area contributed by atoms with Gasteiger partial charge >= 0.3 is 0 Å². The number of hydrogen-bond donors (Lipinski definition) is 1. The summed E-state index contributed by atoms with van der Waals surface area (Å²) in [5.41, 5.74) is 2.38. The predicted octanol–water partition coefficient (Wildman–Crippen LogP) is 3.38. The summed E-state index contributed by atoms with van der Waals surface area (Å²) in [5.74, 6) is 1.69. The highest BCUT2D eigenvalue weighted by atomic mass is 35.5. The first-order chi connectivity index (χ1) is 14.2. The van der Waals surface area contributed by atoms with Crippen LogP contribution in [0.25, 0.3) is 0 Å². The molecule has 1 aromatic carbocycles. The number of aromatic nitrogens is 2. The number of ether oxygens (including phenoxy) is 1. The first kappa shape index (κ1) is 21.0. The molecule has 1 N–H and O–H groups in total. The largest absolute Gasteiger partial charge is 0.395 e. The lowest BCUT2D eigenvalue weighted by Gasteiger charge is -2.29. The van der Waals surface area contributed by atoms with Gasteiger partial charge in [-0.2, -0.15) is 4.37 Å². The van der Waals surface area contributed by atoms with Crippen molar-refractivity contribution in [2.75, 3.05) is 50.9 Å². The molecule has 29 heavy (non-hydrogen) atoms. The van der Waals surface area contributed by atoms with Crippen LogP contribution in [0.5, 0.6) is 0 Å². The highest BCUT2D eigenvalue weighted by Gasteiger charge is 2.35. The molecule has 0 bridgehead atoms. The van der Waals surface area contributed by atoms with Crippen molar-refractivity contribution in [1.82, 2.24) is 14.3 Å². The Kier molecular flexibility index (Phi) is 7.03. The lowest BCUT2D eigenvalue weighted by Crippen LogP contribution is -2.32. The first-order valence-corrected chi connectivity index (χ1v) is 11.6. The molecule has 0 radical (unpaired) electrons. The number of anilines is 1. The Morgan fingerprint density at radius 2 is 2.17 bits per heavy atom. The van der Waals surface area contributed by atoms with Crippen LogP contribution < -0.4 is 4.90 Å². The number of hydrogen-bond acceptors (Lipinski definition) is 7. The summed E-state index contributed by atoms with van der Waals surface area (Å²) in [6.45, 7) is 8.13. The van der Waals surface area contributed by atoms with Crippen LogP contribution in [0.15, 0.2) is 18.2 Å². The van der Waals surface area contributed by atoms with E-state index >= 15 is 0 Å². The molecular weight excluding hydrogens is 408 g/mol. The SMILES string of the molecule is CCN(CCO)Cc1nc(C2CN(CC3CCOCC3)c3c(Cl)cccc32)ns1. The molecule has 8 heteroatoms. The third-order valence-electron chi connectivity index (χ3n) is 5.95. The number of benzene rings is 1. The lowest BCUT2D eigenvalue weighted by molar-refractivity contribution is 0.0683. The van der Waals surface area contributed by atoms with Gasteiger partial charge in [0.25, 0.3) is 0 Å². The van der Waals surface area contributed by atoms with Gasteiger partial charge in [0.1, 0.15) is 5.01 Å². The number of aliphatic hydroxyl groups excluding tert-OH is 1. The fourth-order valence-corrected chi connectivity index (χ4v) is 5.38. The summed E-state index contributed by atoms with van der Waals surface area (Å²) in [7, 11) is 0. The van der Waals surface area contributed by atoms with Gasteiger partial charge < -0.3 is 14.7 Å². The van der Waals surface area contributed by atoms with Crippen molar-refractivity contribution in [1.29, 1.82) is 0 Å². The summed E-state index contributed by atoms with van der Waals surface area (Å²) in [6.07, 6.45) is 2.22. The van der Waals surface area contributed by atoms with E-state index in [0.717, 1.165) is 73.8 Å². The topological polar surface area (TPSA) is 61.7 Å². The number of para-hydroxylation sites is 1. The van der Waals surface area contributed by atoms with E-state index in [1.54, 1.807) is 0 Å². The van der Waals surface area contributed by atoms with Gasteiger partial charge in [0.05, 0.1) is 29.8 Å². The van der Waals surface area contributed by atoms with Crippen LogP contribution >= 0.6 is 23.1 Å². The monoisotopic (exact) mass is 436 g/mol. The smallest absolute Gasteiger partial charge is 0.151 e. The number of rotatable bonds is 8. The van der Waals surface area contributed by atoms with Gasteiger partial charge in [0, 0.05) is 32.8 Å². The van der Waals surface area contributed by atoms with Gasteiger partial charge in [0.15, 0.2) is 5.82 Å². The summed E-state index contributed by atoms with van der Waals surface area (Å²) in [4.78, 5) is 9.48. The maximum atomic E-state index is 9.22. The average Bonchev–Trinajstić information content (AvgIpc) is 3.34. The number of nitrogens with zero attached hydrogens (tertiary/aromatic N) is 4. The van der Waals surface area contributed by atoms with Crippen molar-refractivity contribution >= 4 is 28.8 Å². The molecule has 158 valence electrons. The fourth-order valence-electron chi connectivity index (χ4n) is 4.34. The third kappa shape index (κ3) is 4.75. The van der Waals surface area contributed by atoms with E-state index in [4.69, 9.17) is 25.7 Å². The Labute approximate surface area is 181 Å². The molecule has 1 unspecified atom stereocenters. The number of fused-ring (bicyclic) bond motifs is 1. The highest BCUT2D eigenvalue weighted by molar-refractivity contribution is 7.05. The molecule has 1 aromatic heterocycles. The van der Waals surface area contributed by atoms with Crippen molar-refractivity contribution in [2.45, 2.75) is 32.2 Å². The summed E-state index contributed by atoms with van der Waals surface area (Å²) >= 11 is 8.10. The zero-order valence-corrected chi connectivity index (χ0v) is 18.5. The van der Waals surface area contributed by atoms with Crippen LogP contribution in [0.1, 0.15) is 42.1 Å². The average molecular weight is 437 g/mol. The zero-order valence-electron chi connectivity index (χ0n) is 16.9. The van der Waals surface area contributed by atoms with Gasteiger partial charge in [-0.1, -0.05) is 30.7 Å². The standard InChI is InChI=1S/C21H29ClN4O2S/c1-2-25(8-9-27)14-19-23-21(24-29-19)17-13-26(12-15-6-10-28-11-7-15)20-16(17)4-3-5-18(20)22/h3-5,15,17,27H,2,6-14H2,1H3. The van der Waals surface area contributed by atoms with E-state index < -0.39 is 0 Å². The Hall–Kier alpha value is -1.25. The van der Waals surface area contributed by atoms with E-state index in [1.165, 1.54) is 17.1 Å². The van der Waals surface area contributed by atoms with Crippen LogP contribution in [-0.4, -0.2) is 65.4 Å². The first-order valence-electron chi connectivity index (χ1n) is 10.5. The molecule has 1 saturated heterocycles. The quantitative estimate of drug-likeness (QED) is 0.684. The summed E-state index contributed by atoms with van der Waals surface area (Å²) in [6, 6.07) is 6.17. The molecule has 1 atom stereocenters. The number of halogens is 1. The molecule has 0 amide bonds. The maximum Gasteiger partial charge on any atom is 0.151 e. The molecule has 0 spiro atoms. The summed E-state index contributed by atoms with van der Waals surface area (Å²) in [5, 5.41) is 11.0. The van der Waals surface area contributed by atoms with Crippen LogP contribution in [0.3, 0.4) is 0 Å². The lowest BCUT2D eigenvalue weighted by atomic mass is 10.00. The van der Waals surface area contributed by atoms with Crippen molar-refractivity contribution < 1.29 is 9.84 Å². The second kappa shape index (κ2) is 9.71.